The molecule has 2 aromatic rings. The summed E-state index contributed by atoms with van der Waals surface area (Å²) in [6.07, 6.45) is 0.337. The average Bonchev–Trinajstić information content (AvgIpc) is 3.04. The van der Waals surface area contributed by atoms with E-state index in [0.29, 0.717) is 18.7 Å². The molecule has 2 aromatic heterocycles. The van der Waals surface area contributed by atoms with Crippen LogP contribution in [-0.4, -0.2) is 28.6 Å². The van der Waals surface area contributed by atoms with Crippen molar-refractivity contribution in [2.75, 3.05) is 6.54 Å². The number of hydrogen-bond donors (Lipinski definition) is 2. The van der Waals surface area contributed by atoms with E-state index in [1.54, 1.807) is 23.6 Å². The third kappa shape index (κ3) is 4.13. The van der Waals surface area contributed by atoms with Gasteiger partial charge in [-0.05, 0) is 30.7 Å². The molecule has 4 nitrogen and oxygen atoms in total. The summed E-state index contributed by atoms with van der Waals surface area (Å²) in [5.74, 6) is 0.0918. The molecule has 2 rings (SSSR count). The van der Waals surface area contributed by atoms with Crippen molar-refractivity contribution in [3.63, 3.8) is 0 Å². The van der Waals surface area contributed by atoms with Gasteiger partial charge in [0.05, 0.1) is 6.10 Å². The minimum atomic E-state index is -0.341. The zero-order chi connectivity index (χ0) is 14.5. The fraction of sp³-hybridized carbons (Fsp3) is 0.429. The zero-order valence-corrected chi connectivity index (χ0v) is 13.1. The largest absolute Gasteiger partial charge is 0.393 e. The SMILES string of the molecule is CC(O)CC(C)CNC(=O)c1csc(-c2ccsc2)n1. The van der Waals surface area contributed by atoms with Crippen LogP contribution < -0.4 is 5.32 Å². The Morgan fingerprint density at radius 3 is 2.90 bits per heavy atom. The molecule has 6 heteroatoms. The van der Waals surface area contributed by atoms with Crippen LogP contribution in [0.4, 0.5) is 0 Å². The van der Waals surface area contributed by atoms with Crippen LogP contribution in [0.1, 0.15) is 30.8 Å². The summed E-state index contributed by atoms with van der Waals surface area (Å²) in [4.78, 5) is 16.3. The molecule has 0 aliphatic carbocycles. The highest BCUT2D eigenvalue weighted by Crippen LogP contribution is 2.25. The fourth-order valence-electron chi connectivity index (χ4n) is 1.92. The first kappa shape index (κ1) is 15.2. The molecule has 0 aliphatic rings. The molecular formula is C14H18N2O2S2. The predicted octanol–water partition coefficient (Wildman–Crippen LogP) is 3.01. The molecule has 0 aliphatic heterocycles. The molecule has 0 saturated carbocycles. The molecule has 0 radical (unpaired) electrons. The number of amides is 1. The molecule has 2 N–H and O–H groups in total. The van der Waals surface area contributed by atoms with E-state index >= 15 is 0 Å². The first-order chi connectivity index (χ1) is 9.56. The van der Waals surface area contributed by atoms with E-state index in [1.165, 1.54) is 11.3 Å². The number of thiazole rings is 1. The number of aliphatic hydroxyl groups excluding tert-OH is 1. The number of aromatic nitrogens is 1. The molecule has 2 heterocycles. The quantitative estimate of drug-likeness (QED) is 0.862. The molecule has 0 saturated heterocycles. The highest BCUT2D eigenvalue weighted by molar-refractivity contribution is 7.14. The van der Waals surface area contributed by atoms with E-state index < -0.39 is 0 Å². The van der Waals surface area contributed by atoms with Gasteiger partial charge < -0.3 is 10.4 Å². The van der Waals surface area contributed by atoms with Gasteiger partial charge in [-0.15, -0.1) is 11.3 Å². The second kappa shape index (κ2) is 6.97. The van der Waals surface area contributed by atoms with Gasteiger partial charge >= 0.3 is 0 Å². The lowest BCUT2D eigenvalue weighted by atomic mass is 10.0. The number of carbonyl (C=O) groups excluding carboxylic acids is 1. The number of carbonyl (C=O) groups is 1. The maximum Gasteiger partial charge on any atom is 0.270 e. The van der Waals surface area contributed by atoms with Gasteiger partial charge in [0.25, 0.3) is 5.91 Å². The van der Waals surface area contributed by atoms with Crippen molar-refractivity contribution in [1.82, 2.24) is 10.3 Å². The van der Waals surface area contributed by atoms with Crippen LogP contribution >= 0.6 is 22.7 Å². The van der Waals surface area contributed by atoms with Crippen molar-refractivity contribution in [3.8, 4) is 10.6 Å². The molecule has 2 unspecified atom stereocenters. The highest BCUT2D eigenvalue weighted by Gasteiger charge is 2.13. The molecule has 20 heavy (non-hydrogen) atoms. The van der Waals surface area contributed by atoms with Crippen LogP contribution in [0.15, 0.2) is 22.2 Å². The predicted molar refractivity (Wildman–Crippen MR) is 83.2 cm³/mol. The van der Waals surface area contributed by atoms with Gasteiger partial charge in [-0.3, -0.25) is 4.79 Å². The smallest absolute Gasteiger partial charge is 0.270 e. The summed E-state index contributed by atoms with van der Waals surface area (Å²) in [7, 11) is 0. The fourth-order valence-corrected chi connectivity index (χ4v) is 3.43. The van der Waals surface area contributed by atoms with Crippen LogP contribution in [0, 0.1) is 5.92 Å². The third-order valence-electron chi connectivity index (χ3n) is 2.86. The van der Waals surface area contributed by atoms with E-state index in [1.807, 2.05) is 23.8 Å². The van der Waals surface area contributed by atoms with Gasteiger partial charge in [0.1, 0.15) is 10.7 Å². The minimum Gasteiger partial charge on any atom is -0.393 e. The van der Waals surface area contributed by atoms with Gasteiger partial charge in [0.2, 0.25) is 0 Å². The van der Waals surface area contributed by atoms with Crippen LogP contribution in [0.5, 0.6) is 0 Å². The Balaban J connectivity index is 1.90. The monoisotopic (exact) mass is 310 g/mol. The van der Waals surface area contributed by atoms with Crippen molar-refractivity contribution in [1.29, 1.82) is 0 Å². The number of nitrogens with one attached hydrogen (secondary N) is 1. The van der Waals surface area contributed by atoms with Crippen LogP contribution in [0.3, 0.4) is 0 Å². The lowest BCUT2D eigenvalue weighted by molar-refractivity contribution is 0.0935. The van der Waals surface area contributed by atoms with E-state index in [2.05, 4.69) is 10.3 Å². The first-order valence-corrected chi connectivity index (χ1v) is 8.33. The van der Waals surface area contributed by atoms with Gasteiger partial charge in [0, 0.05) is 22.9 Å². The molecule has 108 valence electrons. The van der Waals surface area contributed by atoms with Crippen molar-refractivity contribution in [2.24, 2.45) is 5.92 Å². The van der Waals surface area contributed by atoms with Gasteiger partial charge in [-0.2, -0.15) is 11.3 Å². The normalized spacial score (nSPS) is 13.9. The molecule has 0 aromatic carbocycles. The topological polar surface area (TPSA) is 62.2 Å². The zero-order valence-electron chi connectivity index (χ0n) is 11.5. The number of nitrogens with zero attached hydrogens (tertiary/aromatic N) is 1. The maximum absolute atomic E-state index is 12.0. The second-order valence-electron chi connectivity index (χ2n) is 4.95. The lowest BCUT2D eigenvalue weighted by Gasteiger charge is -2.13. The van der Waals surface area contributed by atoms with Crippen molar-refractivity contribution in [2.45, 2.75) is 26.4 Å². The maximum atomic E-state index is 12.0. The molecule has 1 amide bonds. The van der Waals surface area contributed by atoms with Gasteiger partial charge in [0.15, 0.2) is 0 Å². The lowest BCUT2D eigenvalue weighted by Crippen LogP contribution is -2.29. The van der Waals surface area contributed by atoms with Crippen LogP contribution in [0.2, 0.25) is 0 Å². The number of rotatable bonds is 6. The highest BCUT2D eigenvalue weighted by atomic mass is 32.1. The summed E-state index contributed by atoms with van der Waals surface area (Å²) in [6.45, 7) is 4.31. The Bertz CT molecular complexity index is 549. The number of thiophene rings is 1. The van der Waals surface area contributed by atoms with Crippen molar-refractivity contribution in [3.05, 3.63) is 27.9 Å². The van der Waals surface area contributed by atoms with E-state index in [0.717, 1.165) is 10.6 Å². The molecule has 0 fully saturated rings. The Hall–Kier alpha value is -1.24. The third-order valence-corrected chi connectivity index (χ3v) is 4.43. The second-order valence-corrected chi connectivity index (χ2v) is 6.59. The van der Waals surface area contributed by atoms with Crippen molar-refractivity contribution < 1.29 is 9.90 Å². The number of hydrogen-bond acceptors (Lipinski definition) is 5. The van der Waals surface area contributed by atoms with Crippen molar-refractivity contribution >= 4 is 28.6 Å². The molecule has 0 bridgehead atoms. The Labute approximate surface area is 126 Å². The van der Waals surface area contributed by atoms with E-state index in [4.69, 9.17) is 0 Å². The summed E-state index contributed by atoms with van der Waals surface area (Å²) >= 11 is 3.09. The molecular weight excluding hydrogens is 292 g/mol. The Morgan fingerprint density at radius 2 is 2.25 bits per heavy atom. The molecule has 2 atom stereocenters. The standard InChI is InChI=1S/C14H18N2O2S2/c1-9(5-10(2)17)6-15-13(18)12-8-20-14(16-12)11-3-4-19-7-11/h3-4,7-10,17H,5-6H2,1-2H3,(H,15,18). The first-order valence-electron chi connectivity index (χ1n) is 6.50. The summed E-state index contributed by atoms with van der Waals surface area (Å²) in [5, 5.41) is 18.8. The summed E-state index contributed by atoms with van der Waals surface area (Å²) in [6, 6.07) is 2.00. The van der Waals surface area contributed by atoms with Gasteiger partial charge in [-0.1, -0.05) is 6.92 Å². The van der Waals surface area contributed by atoms with Gasteiger partial charge in [-0.25, -0.2) is 4.98 Å². The minimum absolute atomic E-state index is 0.153. The average molecular weight is 310 g/mol. The summed E-state index contributed by atoms with van der Waals surface area (Å²) < 4.78 is 0. The Morgan fingerprint density at radius 1 is 1.45 bits per heavy atom. The van der Waals surface area contributed by atoms with Crippen LogP contribution in [-0.2, 0) is 0 Å². The van der Waals surface area contributed by atoms with E-state index in [-0.39, 0.29) is 17.9 Å². The Kier molecular flexibility index (Phi) is 5.28. The molecule has 0 spiro atoms. The summed E-state index contributed by atoms with van der Waals surface area (Å²) in [5.41, 5.74) is 1.52. The van der Waals surface area contributed by atoms with Crippen LogP contribution in [0.25, 0.3) is 10.6 Å². The van der Waals surface area contributed by atoms with E-state index in [9.17, 15) is 9.90 Å². The number of aliphatic hydroxyl groups is 1.